The molecule has 2 amide bonds. The van der Waals surface area contributed by atoms with Crippen LogP contribution in [0.4, 0.5) is 14.9 Å². The summed E-state index contributed by atoms with van der Waals surface area (Å²) in [4.78, 5) is 25.2. The molecule has 0 bridgehead atoms. The van der Waals surface area contributed by atoms with Crippen LogP contribution in [0.25, 0.3) is 11.5 Å². The summed E-state index contributed by atoms with van der Waals surface area (Å²) in [6.07, 6.45) is 5.06. The molecule has 0 aliphatic carbocycles. The lowest BCUT2D eigenvalue weighted by Crippen LogP contribution is -2.46. The molecular formula is C22H25FN4O4S. The fraction of sp³-hybridized carbons (Fsp3) is 0.455. The smallest absolute Gasteiger partial charge is 0.408 e. The molecule has 0 fully saturated rings. The van der Waals surface area contributed by atoms with Gasteiger partial charge in [-0.05, 0) is 32.9 Å². The predicted molar refractivity (Wildman–Crippen MR) is 119 cm³/mol. The molecule has 1 aromatic carbocycles. The Kier molecular flexibility index (Phi) is 6.51. The molecule has 1 aliphatic rings. The summed E-state index contributed by atoms with van der Waals surface area (Å²) < 4.78 is 25.8. The predicted octanol–water partition coefficient (Wildman–Crippen LogP) is 4.11. The Hall–Kier alpha value is -3.06. The number of thioether (sulfide) groups is 1. The molecule has 0 unspecified atom stereocenters. The van der Waals surface area contributed by atoms with Gasteiger partial charge in [0.1, 0.15) is 17.5 Å². The van der Waals surface area contributed by atoms with Gasteiger partial charge in [0.15, 0.2) is 0 Å². The molecule has 0 spiro atoms. The Bertz CT molecular complexity index is 1080. The van der Waals surface area contributed by atoms with Crippen molar-refractivity contribution in [2.75, 3.05) is 11.1 Å². The van der Waals surface area contributed by atoms with E-state index in [1.807, 2.05) is 13.8 Å². The van der Waals surface area contributed by atoms with Crippen molar-refractivity contribution in [1.29, 1.82) is 0 Å². The fourth-order valence-corrected chi connectivity index (χ4v) is 3.93. The maximum Gasteiger partial charge on any atom is 0.408 e. The largest absolute Gasteiger partial charge is 0.444 e. The van der Waals surface area contributed by atoms with Crippen molar-refractivity contribution < 1.29 is 23.1 Å². The van der Waals surface area contributed by atoms with Gasteiger partial charge in [-0.1, -0.05) is 13.8 Å². The number of carbonyl (C=O) groups excluding carboxylic acids is 2. The standard InChI is InChI=1S/C22H25FN4O4S/c1-7-8-22(5,6)19-27-26-18(30-19)12-9-14-16(10-13(12)23)32-11-15(17(28)24-14)25-20(29)31-21(2,3)4/h1,9-10,15H,8,11H2,2-6H3,(H,24,28)(H,25,29)/t15-/m0/s1. The van der Waals surface area contributed by atoms with Crippen LogP contribution in [0.3, 0.4) is 0 Å². The Morgan fingerprint density at radius 1 is 1.38 bits per heavy atom. The van der Waals surface area contributed by atoms with Crippen molar-refractivity contribution in [3.8, 4) is 23.8 Å². The van der Waals surface area contributed by atoms with Crippen molar-refractivity contribution in [3.05, 3.63) is 23.8 Å². The number of nitrogens with one attached hydrogen (secondary N) is 2. The average molecular weight is 461 g/mol. The summed E-state index contributed by atoms with van der Waals surface area (Å²) in [5.74, 6) is 2.03. The van der Waals surface area contributed by atoms with Gasteiger partial charge in [0.25, 0.3) is 5.89 Å². The van der Waals surface area contributed by atoms with Crippen LogP contribution in [0.15, 0.2) is 21.4 Å². The molecule has 1 aliphatic heterocycles. The lowest BCUT2D eigenvalue weighted by Gasteiger charge is -2.22. The summed E-state index contributed by atoms with van der Waals surface area (Å²) in [5.41, 5.74) is -0.824. The van der Waals surface area contributed by atoms with E-state index >= 15 is 0 Å². The minimum atomic E-state index is -0.853. The van der Waals surface area contributed by atoms with Gasteiger partial charge in [0.05, 0.1) is 16.7 Å². The van der Waals surface area contributed by atoms with Crippen LogP contribution in [0.1, 0.15) is 46.9 Å². The van der Waals surface area contributed by atoms with Crippen LogP contribution in [0.5, 0.6) is 0 Å². The van der Waals surface area contributed by atoms with Crippen molar-refractivity contribution in [2.24, 2.45) is 0 Å². The summed E-state index contributed by atoms with van der Waals surface area (Å²) in [5, 5.41) is 13.2. The summed E-state index contributed by atoms with van der Waals surface area (Å²) in [6.45, 7) is 8.89. The second-order valence-electron chi connectivity index (χ2n) is 9.00. The number of aromatic nitrogens is 2. The lowest BCUT2D eigenvalue weighted by atomic mass is 9.90. The number of nitrogens with zero attached hydrogens (tertiary/aromatic N) is 2. The molecule has 1 atom stereocenters. The van der Waals surface area contributed by atoms with E-state index in [2.05, 4.69) is 26.8 Å². The normalized spacial score (nSPS) is 16.4. The van der Waals surface area contributed by atoms with Crippen LogP contribution >= 0.6 is 11.8 Å². The zero-order valence-corrected chi connectivity index (χ0v) is 19.4. The van der Waals surface area contributed by atoms with Gasteiger partial charge in [-0.15, -0.1) is 34.3 Å². The molecule has 8 nitrogen and oxygen atoms in total. The van der Waals surface area contributed by atoms with E-state index in [4.69, 9.17) is 15.6 Å². The Labute approximate surface area is 190 Å². The van der Waals surface area contributed by atoms with Gasteiger partial charge in [-0.2, -0.15) is 0 Å². The summed E-state index contributed by atoms with van der Waals surface area (Å²) >= 11 is 1.23. The zero-order chi connectivity index (χ0) is 23.7. The fourth-order valence-electron chi connectivity index (χ4n) is 2.90. The number of fused-ring (bicyclic) bond motifs is 1. The van der Waals surface area contributed by atoms with Crippen molar-refractivity contribution in [2.45, 2.75) is 63.0 Å². The number of rotatable bonds is 4. The van der Waals surface area contributed by atoms with Crippen LogP contribution in [-0.2, 0) is 14.9 Å². The highest BCUT2D eigenvalue weighted by molar-refractivity contribution is 7.99. The molecule has 32 heavy (non-hydrogen) atoms. The molecule has 2 aromatic rings. The van der Waals surface area contributed by atoms with E-state index in [1.165, 1.54) is 23.9 Å². The molecule has 1 aromatic heterocycles. The van der Waals surface area contributed by atoms with E-state index < -0.39 is 34.9 Å². The number of amides is 2. The first-order chi connectivity index (χ1) is 14.9. The van der Waals surface area contributed by atoms with Crippen LogP contribution < -0.4 is 10.6 Å². The number of halogens is 1. The third-order valence-corrected chi connectivity index (χ3v) is 5.67. The Morgan fingerprint density at radius 2 is 2.09 bits per heavy atom. The van der Waals surface area contributed by atoms with Gasteiger partial charge in [0.2, 0.25) is 11.8 Å². The molecule has 10 heteroatoms. The number of benzene rings is 1. The first-order valence-corrected chi connectivity index (χ1v) is 10.9. The van der Waals surface area contributed by atoms with Gasteiger partial charge in [0, 0.05) is 17.1 Å². The molecular weight excluding hydrogens is 435 g/mol. The Morgan fingerprint density at radius 3 is 2.75 bits per heavy atom. The topological polar surface area (TPSA) is 106 Å². The van der Waals surface area contributed by atoms with Crippen molar-refractivity contribution in [1.82, 2.24) is 15.5 Å². The molecule has 170 valence electrons. The Balaban J connectivity index is 1.83. The van der Waals surface area contributed by atoms with E-state index in [9.17, 15) is 14.0 Å². The van der Waals surface area contributed by atoms with E-state index in [-0.39, 0.29) is 17.2 Å². The minimum absolute atomic E-state index is 0.0164. The summed E-state index contributed by atoms with van der Waals surface area (Å²) in [7, 11) is 0. The quantitative estimate of drug-likeness (QED) is 0.661. The second kappa shape index (κ2) is 8.82. The van der Waals surface area contributed by atoms with Gasteiger partial charge < -0.3 is 19.8 Å². The highest BCUT2D eigenvalue weighted by atomic mass is 32.2. The SMILES string of the molecule is C#CCC(C)(C)c1nnc(-c2cc3c(cc2F)SC[C@H](NC(=O)OC(C)(C)C)C(=O)N3)o1. The van der Waals surface area contributed by atoms with Gasteiger partial charge in [-0.25, -0.2) is 9.18 Å². The number of ether oxygens (including phenoxy) is 1. The van der Waals surface area contributed by atoms with Gasteiger partial charge >= 0.3 is 6.09 Å². The number of anilines is 1. The van der Waals surface area contributed by atoms with Crippen molar-refractivity contribution in [3.63, 3.8) is 0 Å². The molecule has 0 saturated heterocycles. The number of hydrogen-bond acceptors (Lipinski definition) is 7. The van der Waals surface area contributed by atoms with Crippen LogP contribution in [0.2, 0.25) is 0 Å². The number of terminal acetylenes is 1. The maximum atomic E-state index is 14.9. The molecule has 2 heterocycles. The number of alkyl carbamates (subject to hydrolysis) is 1. The number of hydrogen-bond donors (Lipinski definition) is 2. The van der Waals surface area contributed by atoms with Crippen LogP contribution in [0, 0.1) is 18.2 Å². The highest BCUT2D eigenvalue weighted by Gasteiger charge is 2.30. The summed E-state index contributed by atoms with van der Waals surface area (Å²) in [6, 6.07) is 1.88. The van der Waals surface area contributed by atoms with Crippen molar-refractivity contribution >= 4 is 29.4 Å². The third kappa shape index (κ3) is 5.40. The lowest BCUT2D eigenvalue weighted by molar-refractivity contribution is -0.117. The minimum Gasteiger partial charge on any atom is -0.444 e. The molecule has 0 saturated carbocycles. The van der Waals surface area contributed by atoms with Crippen LogP contribution in [-0.4, -0.2) is 39.6 Å². The molecule has 3 rings (SSSR count). The first kappa shape index (κ1) is 23.6. The monoisotopic (exact) mass is 460 g/mol. The molecule has 0 radical (unpaired) electrons. The van der Waals surface area contributed by atoms with E-state index in [0.717, 1.165) is 0 Å². The van der Waals surface area contributed by atoms with Gasteiger partial charge in [-0.3, -0.25) is 4.79 Å². The molecule has 2 N–H and O–H groups in total. The average Bonchev–Trinajstić information content (AvgIpc) is 3.10. The first-order valence-electron chi connectivity index (χ1n) is 9.94. The highest BCUT2D eigenvalue weighted by Crippen LogP contribution is 2.37. The number of carbonyl (C=O) groups is 2. The van der Waals surface area contributed by atoms with E-state index in [1.54, 1.807) is 20.8 Å². The second-order valence-corrected chi connectivity index (χ2v) is 10.1. The zero-order valence-electron chi connectivity index (χ0n) is 18.5. The maximum absolute atomic E-state index is 14.9. The third-order valence-electron chi connectivity index (χ3n) is 4.52. The van der Waals surface area contributed by atoms with E-state index in [0.29, 0.717) is 22.9 Å².